The number of benzene rings is 2. The first-order chi connectivity index (χ1) is 10.3. The van der Waals surface area contributed by atoms with Crippen LogP contribution in [0.25, 0.3) is 11.0 Å². The summed E-state index contributed by atoms with van der Waals surface area (Å²) in [5.74, 6) is 0. The molecule has 0 saturated heterocycles. The van der Waals surface area contributed by atoms with Crippen molar-refractivity contribution < 1.29 is 8.42 Å². The molecule has 1 aromatic heterocycles. The van der Waals surface area contributed by atoms with Gasteiger partial charge in [0.15, 0.2) is 0 Å². The first kappa shape index (κ1) is 14.7. The molecular formula is C14H12ClN3O3S. The van der Waals surface area contributed by atoms with Gasteiger partial charge in [0, 0.05) is 17.8 Å². The molecule has 0 aliphatic carbocycles. The molecule has 8 heteroatoms. The van der Waals surface area contributed by atoms with Crippen molar-refractivity contribution in [3.05, 3.63) is 58.0 Å². The molecule has 0 aliphatic rings. The second-order valence-corrected chi connectivity index (χ2v) is 7.04. The quantitative estimate of drug-likeness (QED) is 0.722. The molecule has 0 aliphatic heterocycles. The van der Waals surface area contributed by atoms with E-state index < -0.39 is 15.7 Å². The van der Waals surface area contributed by atoms with Gasteiger partial charge < -0.3 is 5.73 Å². The first-order valence-corrected chi connectivity index (χ1v) is 8.12. The number of rotatable bonds is 2. The van der Waals surface area contributed by atoms with E-state index in [9.17, 15) is 13.2 Å². The lowest BCUT2D eigenvalue weighted by Crippen LogP contribution is -2.28. The Morgan fingerprint density at radius 1 is 1.05 bits per heavy atom. The lowest BCUT2D eigenvalue weighted by Gasteiger charge is -2.06. The standard InChI is InChI=1S/C14H12ClN3O3S/c1-17-12-7-4-10(16)8-13(12)18(14(17)19)22(20,21)11-5-2-9(15)3-6-11/h2-8H,16H2,1H3. The number of aromatic nitrogens is 2. The maximum absolute atomic E-state index is 12.8. The van der Waals surface area contributed by atoms with Crippen LogP contribution in [0, 0.1) is 0 Å². The Hall–Kier alpha value is -2.25. The van der Waals surface area contributed by atoms with Crippen LogP contribution in [-0.2, 0) is 17.1 Å². The van der Waals surface area contributed by atoms with Crippen LogP contribution in [0.2, 0.25) is 5.02 Å². The highest BCUT2D eigenvalue weighted by Crippen LogP contribution is 2.22. The summed E-state index contributed by atoms with van der Waals surface area (Å²) < 4.78 is 27.6. The zero-order chi connectivity index (χ0) is 16.1. The fraction of sp³-hybridized carbons (Fsp3) is 0.0714. The monoisotopic (exact) mass is 337 g/mol. The van der Waals surface area contributed by atoms with Gasteiger partial charge in [0.1, 0.15) is 0 Å². The largest absolute Gasteiger partial charge is 0.399 e. The highest BCUT2D eigenvalue weighted by molar-refractivity contribution is 7.90. The van der Waals surface area contributed by atoms with Crippen LogP contribution in [0.5, 0.6) is 0 Å². The van der Waals surface area contributed by atoms with Crippen molar-refractivity contribution in [3.63, 3.8) is 0 Å². The van der Waals surface area contributed by atoms with Crippen molar-refractivity contribution in [1.29, 1.82) is 0 Å². The number of nitrogens with zero attached hydrogens (tertiary/aromatic N) is 2. The van der Waals surface area contributed by atoms with E-state index in [0.717, 1.165) is 3.97 Å². The zero-order valence-corrected chi connectivity index (χ0v) is 13.1. The molecule has 2 aromatic carbocycles. The Balaban J connectivity index is 2.39. The van der Waals surface area contributed by atoms with E-state index in [1.54, 1.807) is 12.1 Å². The minimum atomic E-state index is -4.04. The first-order valence-electron chi connectivity index (χ1n) is 6.30. The van der Waals surface area contributed by atoms with Crippen LogP contribution in [0.15, 0.2) is 52.2 Å². The SMILES string of the molecule is Cn1c(=O)n(S(=O)(=O)c2ccc(Cl)cc2)c2cc(N)ccc21. The van der Waals surface area contributed by atoms with E-state index >= 15 is 0 Å². The molecule has 3 rings (SSSR count). The van der Waals surface area contributed by atoms with Gasteiger partial charge in [0.2, 0.25) is 0 Å². The number of halogens is 1. The normalized spacial score (nSPS) is 11.9. The van der Waals surface area contributed by atoms with Crippen molar-refractivity contribution >= 4 is 38.3 Å². The number of anilines is 1. The van der Waals surface area contributed by atoms with Crippen LogP contribution < -0.4 is 11.4 Å². The molecule has 2 N–H and O–H groups in total. The molecule has 0 saturated carbocycles. The molecule has 0 radical (unpaired) electrons. The van der Waals surface area contributed by atoms with E-state index in [0.29, 0.717) is 16.2 Å². The third-order valence-corrected chi connectivity index (χ3v) is 5.35. The molecule has 0 fully saturated rings. The molecule has 0 amide bonds. The Morgan fingerprint density at radius 2 is 1.68 bits per heavy atom. The highest BCUT2D eigenvalue weighted by Gasteiger charge is 2.24. The molecule has 0 bridgehead atoms. The summed E-state index contributed by atoms with van der Waals surface area (Å²) in [5.41, 5.74) is 6.15. The van der Waals surface area contributed by atoms with Gasteiger partial charge in [-0.15, -0.1) is 0 Å². The third-order valence-electron chi connectivity index (χ3n) is 3.39. The average molecular weight is 338 g/mol. The van der Waals surface area contributed by atoms with E-state index in [2.05, 4.69) is 0 Å². The molecule has 1 heterocycles. The fourth-order valence-corrected chi connectivity index (χ4v) is 3.82. The highest BCUT2D eigenvalue weighted by atomic mass is 35.5. The van der Waals surface area contributed by atoms with Crippen LogP contribution in [0.4, 0.5) is 5.69 Å². The minimum absolute atomic E-state index is 0.0195. The number of imidazole rings is 1. The topological polar surface area (TPSA) is 87.1 Å². The molecule has 0 unspecified atom stereocenters. The predicted octanol–water partition coefficient (Wildman–Crippen LogP) is 1.81. The molecule has 0 atom stereocenters. The van der Waals surface area contributed by atoms with Crippen molar-refractivity contribution in [2.24, 2.45) is 7.05 Å². The van der Waals surface area contributed by atoms with E-state index in [4.69, 9.17) is 17.3 Å². The zero-order valence-electron chi connectivity index (χ0n) is 11.5. The van der Waals surface area contributed by atoms with Gasteiger partial charge in [0.05, 0.1) is 15.9 Å². The van der Waals surface area contributed by atoms with Gasteiger partial charge in [-0.1, -0.05) is 11.6 Å². The number of nitrogens with two attached hydrogens (primary N) is 1. The molecule has 114 valence electrons. The Labute approximate surface area is 131 Å². The summed E-state index contributed by atoms with van der Waals surface area (Å²) in [4.78, 5) is 12.3. The van der Waals surface area contributed by atoms with Gasteiger partial charge in [-0.2, -0.15) is 3.97 Å². The Kier molecular flexibility index (Phi) is 3.26. The summed E-state index contributed by atoms with van der Waals surface area (Å²) in [7, 11) is -2.53. The molecular weight excluding hydrogens is 326 g/mol. The lowest BCUT2D eigenvalue weighted by molar-refractivity contribution is 0.586. The van der Waals surface area contributed by atoms with E-state index in [1.165, 1.54) is 41.9 Å². The van der Waals surface area contributed by atoms with Crippen LogP contribution in [0.1, 0.15) is 0 Å². The maximum Gasteiger partial charge on any atom is 0.343 e. The summed E-state index contributed by atoms with van der Waals surface area (Å²) in [6, 6.07) is 10.3. The van der Waals surface area contributed by atoms with Gasteiger partial charge in [-0.3, -0.25) is 4.57 Å². The average Bonchev–Trinajstić information content (AvgIpc) is 2.71. The van der Waals surface area contributed by atoms with Crippen molar-refractivity contribution in [2.75, 3.05) is 5.73 Å². The number of fused-ring (bicyclic) bond motifs is 1. The second-order valence-electron chi connectivity index (χ2n) is 4.81. The smallest absolute Gasteiger partial charge is 0.343 e. The number of aryl methyl sites for hydroxylation is 1. The van der Waals surface area contributed by atoms with Crippen LogP contribution >= 0.6 is 11.6 Å². The van der Waals surface area contributed by atoms with Gasteiger partial charge >= 0.3 is 5.69 Å². The Bertz CT molecular complexity index is 1030. The van der Waals surface area contributed by atoms with E-state index in [-0.39, 0.29) is 10.4 Å². The summed E-state index contributed by atoms with van der Waals surface area (Å²) >= 11 is 5.77. The van der Waals surface area contributed by atoms with Gasteiger partial charge in [-0.25, -0.2) is 13.2 Å². The van der Waals surface area contributed by atoms with E-state index in [1.807, 2.05) is 0 Å². The number of hydrogen-bond acceptors (Lipinski definition) is 4. The van der Waals surface area contributed by atoms with Crippen molar-refractivity contribution in [3.8, 4) is 0 Å². The number of nitrogen functional groups attached to an aromatic ring is 1. The summed E-state index contributed by atoms with van der Waals surface area (Å²) in [6.45, 7) is 0. The molecule has 3 aromatic rings. The summed E-state index contributed by atoms with van der Waals surface area (Å²) in [6.07, 6.45) is 0. The minimum Gasteiger partial charge on any atom is -0.399 e. The molecule has 0 spiro atoms. The number of hydrogen-bond donors (Lipinski definition) is 1. The van der Waals surface area contributed by atoms with Crippen LogP contribution in [-0.4, -0.2) is 17.0 Å². The molecule has 6 nitrogen and oxygen atoms in total. The lowest BCUT2D eigenvalue weighted by atomic mass is 10.3. The fourth-order valence-electron chi connectivity index (χ4n) is 2.27. The third kappa shape index (κ3) is 2.10. The van der Waals surface area contributed by atoms with Crippen molar-refractivity contribution in [1.82, 2.24) is 8.54 Å². The molecule has 22 heavy (non-hydrogen) atoms. The van der Waals surface area contributed by atoms with Crippen molar-refractivity contribution in [2.45, 2.75) is 4.90 Å². The van der Waals surface area contributed by atoms with Gasteiger partial charge in [0.25, 0.3) is 10.0 Å². The van der Waals surface area contributed by atoms with Gasteiger partial charge in [-0.05, 0) is 42.5 Å². The Morgan fingerprint density at radius 3 is 2.32 bits per heavy atom. The second kappa shape index (κ2) is 4.89. The summed E-state index contributed by atoms with van der Waals surface area (Å²) in [5, 5.41) is 0.411. The maximum atomic E-state index is 12.8. The van der Waals surface area contributed by atoms with Crippen LogP contribution in [0.3, 0.4) is 0 Å². The predicted molar refractivity (Wildman–Crippen MR) is 85.6 cm³/mol.